The number of nitrogens with zero attached hydrogens (tertiary/aromatic N) is 2. The molecule has 1 rings (SSSR count). The van der Waals surface area contributed by atoms with Gasteiger partial charge in [0.15, 0.2) is 17.1 Å². The van der Waals surface area contributed by atoms with Gasteiger partial charge in [-0.25, -0.2) is 4.98 Å². The predicted octanol–water partition coefficient (Wildman–Crippen LogP) is -0.363. The van der Waals surface area contributed by atoms with E-state index in [1.54, 1.807) is 5.38 Å². The summed E-state index contributed by atoms with van der Waals surface area (Å²) in [4.78, 5) is 19.0. The highest BCUT2D eigenvalue weighted by molar-refractivity contribution is 7.13. The van der Waals surface area contributed by atoms with E-state index in [-0.39, 0.29) is 18.9 Å². The molecular weight excluding hydrogens is 206 g/mol. The van der Waals surface area contributed by atoms with Crippen LogP contribution in [0.1, 0.15) is 5.69 Å². The summed E-state index contributed by atoms with van der Waals surface area (Å²) in [6.45, 7) is -0.119. The molecular formula is C7H9N3O3S. The van der Waals surface area contributed by atoms with E-state index in [9.17, 15) is 4.79 Å². The summed E-state index contributed by atoms with van der Waals surface area (Å²) in [5, 5.41) is 13.9. The Morgan fingerprint density at radius 1 is 1.86 bits per heavy atom. The predicted molar refractivity (Wildman–Crippen MR) is 52.2 cm³/mol. The number of aromatic nitrogens is 1. The number of aliphatic hydroxyl groups excluding tert-OH is 1. The van der Waals surface area contributed by atoms with Crippen LogP contribution in [0, 0.1) is 0 Å². The van der Waals surface area contributed by atoms with Gasteiger partial charge in [0.05, 0.1) is 6.61 Å². The third-order valence-electron chi connectivity index (χ3n) is 1.24. The highest BCUT2D eigenvalue weighted by Crippen LogP contribution is 2.11. The van der Waals surface area contributed by atoms with Gasteiger partial charge in [-0.3, -0.25) is 4.79 Å². The van der Waals surface area contributed by atoms with Crippen LogP contribution >= 0.6 is 11.3 Å². The Labute approximate surface area is 84.0 Å². The summed E-state index contributed by atoms with van der Waals surface area (Å²) in [7, 11) is 0. The van der Waals surface area contributed by atoms with Crippen molar-refractivity contribution in [3.8, 4) is 0 Å². The zero-order chi connectivity index (χ0) is 10.4. The normalized spacial score (nSPS) is 11.4. The smallest absolute Gasteiger partial charge is 0.180 e. The van der Waals surface area contributed by atoms with Crippen molar-refractivity contribution in [1.29, 1.82) is 0 Å². The molecule has 0 radical (unpaired) electrons. The van der Waals surface area contributed by atoms with Gasteiger partial charge in [0.1, 0.15) is 12.3 Å². The first-order valence-electron chi connectivity index (χ1n) is 3.75. The molecule has 6 nitrogen and oxygen atoms in total. The lowest BCUT2D eigenvalue weighted by Crippen LogP contribution is -2.05. The molecule has 0 aliphatic rings. The molecule has 0 aliphatic carbocycles. The van der Waals surface area contributed by atoms with Crippen LogP contribution in [0.3, 0.4) is 0 Å². The molecule has 1 heterocycles. The van der Waals surface area contributed by atoms with Crippen LogP contribution in [0.2, 0.25) is 0 Å². The van der Waals surface area contributed by atoms with Crippen molar-refractivity contribution in [1.82, 2.24) is 4.98 Å². The third-order valence-corrected chi connectivity index (χ3v) is 1.92. The Hall–Kier alpha value is -1.47. The van der Waals surface area contributed by atoms with E-state index in [4.69, 9.17) is 10.8 Å². The summed E-state index contributed by atoms with van der Waals surface area (Å²) in [6, 6.07) is 0. The molecule has 14 heavy (non-hydrogen) atoms. The molecule has 0 saturated heterocycles. The van der Waals surface area contributed by atoms with Crippen LogP contribution in [-0.4, -0.2) is 35.3 Å². The lowest BCUT2D eigenvalue weighted by atomic mass is 10.3. The summed E-state index contributed by atoms with van der Waals surface area (Å²) in [5.41, 5.74) is 5.82. The number of rotatable bonds is 5. The third kappa shape index (κ3) is 2.79. The Balaban J connectivity index is 2.71. The Morgan fingerprint density at radius 2 is 2.64 bits per heavy atom. The molecule has 0 bridgehead atoms. The number of carbonyl (C=O) groups is 1. The molecule has 0 saturated carbocycles. The molecule has 0 aromatic carbocycles. The molecule has 0 aliphatic heterocycles. The zero-order valence-corrected chi connectivity index (χ0v) is 8.03. The maximum absolute atomic E-state index is 10.6. The number of hydrogen-bond acceptors (Lipinski definition) is 7. The van der Waals surface area contributed by atoms with Crippen LogP contribution in [0.4, 0.5) is 5.13 Å². The minimum atomic E-state index is -0.158. The molecule has 3 N–H and O–H groups in total. The SMILES string of the molecule is Nc1nc(/C(C=O)=N/OCCO)cs1. The fourth-order valence-electron chi connectivity index (χ4n) is 0.690. The van der Waals surface area contributed by atoms with Crippen LogP contribution in [0.25, 0.3) is 0 Å². The van der Waals surface area contributed by atoms with E-state index in [2.05, 4.69) is 15.0 Å². The van der Waals surface area contributed by atoms with Gasteiger partial charge in [-0.05, 0) is 0 Å². The summed E-state index contributed by atoms with van der Waals surface area (Å²) < 4.78 is 0. The van der Waals surface area contributed by atoms with Crippen molar-refractivity contribution in [3.05, 3.63) is 11.1 Å². The molecule has 0 amide bonds. The van der Waals surface area contributed by atoms with Crippen molar-refractivity contribution < 1.29 is 14.7 Å². The number of nitrogens with two attached hydrogens (primary N) is 1. The first-order valence-corrected chi connectivity index (χ1v) is 4.63. The van der Waals surface area contributed by atoms with E-state index in [1.807, 2.05) is 0 Å². The van der Waals surface area contributed by atoms with Crippen LogP contribution in [0.5, 0.6) is 0 Å². The number of hydrogen-bond donors (Lipinski definition) is 2. The number of thiazole rings is 1. The fraction of sp³-hybridized carbons (Fsp3) is 0.286. The molecule has 0 atom stereocenters. The van der Waals surface area contributed by atoms with Gasteiger partial charge < -0.3 is 15.7 Å². The number of nitrogen functional groups attached to an aromatic ring is 1. The lowest BCUT2D eigenvalue weighted by molar-refractivity contribution is -0.102. The molecule has 1 aromatic rings. The standard InChI is InChI=1S/C7H9N3O3S/c8-7-9-6(4-14-7)5(3-12)10-13-2-1-11/h3-4,11H,1-2H2,(H2,8,9)/b10-5+. The minimum absolute atomic E-state index is 0.0387. The molecule has 7 heteroatoms. The first kappa shape index (κ1) is 10.6. The van der Waals surface area contributed by atoms with E-state index in [1.165, 1.54) is 11.3 Å². The van der Waals surface area contributed by atoms with Gasteiger partial charge in [-0.15, -0.1) is 11.3 Å². The van der Waals surface area contributed by atoms with Gasteiger partial charge in [0.2, 0.25) is 0 Å². The van der Waals surface area contributed by atoms with Gasteiger partial charge in [0.25, 0.3) is 0 Å². The maximum Gasteiger partial charge on any atom is 0.180 e. The molecule has 76 valence electrons. The second-order valence-corrected chi connectivity index (χ2v) is 3.11. The zero-order valence-electron chi connectivity index (χ0n) is 7.21. The summed E-state index contributed by atoms with van der Waals surface area (Å²) in [5.74, 6) is 0. The van der Waals surface area contributed by atoms with Crippen molar-refractivity contribution in [2.75, 3.05) is 18.9 Å². The Kier molecular flexibility index (Phi) is 4.02. The van der Waals surface area contributed by atoms with Gasteiger partial charge >= 0.3 is 0 Å². The minimum Gasteiger partial charge on any atom is -0.393 e. The quantitative estimate of drug-likeness (QED) is 0.302. The van der Waals surface area contributed by atoms with Crippen molar-refractivity contribution in [2.24, 2.45) is 5.16 Å². The fourth-order valence-corrected chi connectivity index (χ4v) is 1.25. The Bertz CT molecular complexity index is 337. The summed E-state index contributed by atoms with van der Waals surface area (Å²) in [6.07, 6.45) is 0.520. The van der Waals surface area contributed by atoms with Gasteiger partial charge in [-0.1, -0.05) is 5.16 Å². The molecule has 0 fully saturated rings. The highest BCUT2D eigenvalue weighted by Gasteiger charge is 2.07. The molecule has 0 unspecified atom stereocenters. The number of carbonyl (C=O) groups excluding carboxylic acids is 1. The van der Waals surface area contributed by atoms with E-state index in [0.29, 0.717) is 17.1 Å². The van der Waals surface area contributed by atoms with E-state index < -0.39 is 0 Å². The lowest BCUT2D eigenvalue weighted by Gasteiger charge is -1.95. The van der Waals surface area contributed by atoms with Crippen LogP contribution < -0.4 is 5.73 Å². The van der Waals surface area contributed by atoms with Gasteiger partial charge in [-0.2, -0.15) is 0 Å². The maximum atomic E-state index is 10.6. The number of oxime groups is 1. The van der Waals surface area contributed by atoms with E-state index >= 15 is 0 Å². The van der Waals surface area contributed by atoms with Gasteiger partial charge in [0, 0.05) is 5.38 Å². The molecule has 1 aromatic heterocycles. The topological polar surface area (TPSA) is 97.8 Å². The van der Waals surface area contributed by atoms with E-state index in [0.717, 1.165) is 0 Å². The van der Waals surface area contributed by atoms with Crippen molar-refractivity contribution >= 4 is 28.5 Å². The molecule has 0 spiro atoms. The monoisotopic (exact) mass is 215 g/mol. The van der Waals surface area contributed by atoms with Crippen LogP contribution in [-0.2, 0) is 9.63 Å². The van der Waals surface area contributed by atoms with Crippen molar-refractivity contribution in [2.45, 2.75) is 0 Å². The second kappa shape index (κ2) is 5.30. The van der Waals surface area contributed by atoms with Crippen LogP contribution in [0.15, 0.2) is 10.5 Å². The number of aldehydes is 1. The first-order chi connectivity index (χ1) is 6.77. The Morgan fingerprint density at radius 3 is 3.14 bits per heavy atom. The largest absolute Gasteiger partial charge is 0.393 e. The number of anilines is 1. The second-order valence-electron chi connectivity index (χ2n) is 2.22. The van der Waals surface area contributed by atoms with Crippen molar-refractivity contribution in [3.63, 3.8) is 0 Å². The number of aliphatic hydroxyl groups is 1. The summed E-state index contributed by atoms with van der Waals surface area (Å²) >= 11 is 1.21. The average molecular weight is 215 g/mol. The highest BCUT2D eigenvalue weighted by atomic mass is 32.1. The average Bonchev–Trinajstić information content (AvgIpc) is 2.60.